The van der Waals surface area contributed by atoms with Gasteiger partial charge in [-0.3, -0.25) is 19.1 Å². The van der Waals surface area contributed by atoms with Crippen LogP contribution < -0.4 is 16.4 Å². The van der Waals surface area contributed by atoms with Gasteiger partial charge in [0.15, 0.2) is 5.69 Å². The Bertz CT molecular complexity index is 1200. The third-order valence-corrected chi connectivity index (χ3v) is 5.02. The Morgan fingerprint density at radius 1 is 1.09 bits per heavy atom. The van der Waals surface area contributed by atoms with Crippen LogP contribution in [0.5, 0.6) is 0 Å². The number of hydrogen-bond acceptors (Lipinski definition) is 4. The molecule has 0 aliphatic heterocycles. The summed E-state index contributed by atoms with van der Waals surface area (Å²) >= 11 is 0. The van der Waals surface area contributed by atoms with Gasteiger partial charge in [-0.25, -0.2) is 8.78 Å². The lowest BCUT2D eigenvalue weighted by molar-refractivity contribution is -0.128. The van der Waals surface area contributed by atoms with Gasteiger partial charge in [0.05, 0.1) is 13.1 Å². The molecule has 0 radical (unpaired) electrons. The second kappa shape index (κ2) is 9.35. The van der Waals surface area contributed by atoms with E-state index in [0.29, 0.717) is 5.56 Å². The molecule has 2 aromatic carbocycles. The minimum atomic E-state index is -1.02. The minimum absolute atomic E-state index is 0.0661. The number of carbonyl (C=O) groups is 3. The lowest BCUT2D eigenvalue weighted by Gasteiger charge is -2.30. The van der Waals surface area contributed by atoms with Crippen molar-refractivity contribution in [2.45, 2.75) is 33.4 Å². The Morgan fingerprint density at radius 2 is 1.76 bits per heavy atom. The molecule has 33 heavy (non-hydrogen) atoms. The number of benzene rings is 2. The molecule has 0 saturated heterocycles. The van der Waals surface area contributed by atoms with E-state index in [0.717, 1.165) is 0 Å². The molecule has 1 heterocycles. The van der Waals surface area contributed by atoms with E-state index in [1.165, 1.54) is 28.9 Å². The van der Waals surface area contributed by atoms with Crippen LogP contribution in [-0.2, 0) is 16.1 Å². The molecule has 174 valence electrons. The predicted octanol–water partition coefficient (Wildman–Crippen LogP) is 2.11. The number of nitrogens with one attached hydrogen (secondary N) is 2. The molecule has 0 bridgehead atoms. The first-order valence-corrected chi connectivity index (χ1v) is 10.2. The van der Waals surface area contributed by atoms with Gasteiger partial charge in [0.25, 0.3) is 5.91 Å². The first-order valence-electron chi connectivity index (χ1n) is 10.2. The summed E-state index contributed by atoms with van der Waals surface area (Å²) in [4.78, 5) is 36.8. The van der Waals surface area contributed by atoms with Crippen molar-refractivity contribution in [3.63, 3.8) is 0 Å². The fourth-order valence-corrected chi connectivity index (χ4v) is 3.39. The smallest absolute Gasteiger partial charge is 0.273 e. The zero-order valence-corrected chi connectivity index (χ0v) is 18.5. The summed E-state index contributed by atoms with van der Waals surface area (Å²) in [6.07, 6.45) is 0. The summed E-state index contributed by atoms with van der Waals surface area (Å²) < 4.78 is 29.3. The Morgan fingerprint density at radius 3 is 2.36 bits per heavy atom. The van der Waals surface area contributed by atoms with Crippen molar-refractivity contribution in [2.75, 3.05) is 6.54 Å². The molecule has 3 aromatic rings. The van der Waals surface area contributed by atoms with E-state index in [-0.39, 0.29) is 29.7 Å². The van der Waals surface area contributed by atoms with Gasteiger partial charge < -0.3 is 16.4 Å². The number of hydrogen-bond donors (Lipinski definition) is 3. The van der Waals surface area contributed by atoms with Crippen LogP contribution in [0.3, 0.4) is 0 Å². The largest absolute Gasteiger partial charge is 0.368 e. The molecule has 10 heteroatoms. The highest BCUT2D eigenvalue weighted by atomic mass is 19.1. The van der Waals surface area contributed by atoms with Gasteiger partial charge >= 0.3 is 0 Å². The van der Waals surface area contributed by atoms with Crippen LogP contribution in [0.15, 0.2) is 42.5 Å². The Balaban J connectivity index is 1.95. The summed E-state index contributed by atoms with van der Waals surface area (Å²) in [7, 11) is 0. The highest BCUT2D eigenvalue weighted by Crippen LogP contribution is 2.24. The first kappa shape index (κ1) is 23.8. The maximum Gasteiger partial charge on any atom is 0.273 e. The molecule has 0 aliphatic rings. The van der Waals surface area contributed by atoms with Crippen molar-refractivity contribution >= 4 is 28.6 Å². The van der Waals surface area contributed by atoms with Crippen LogP contribution in [0.25, 0.3) is 10.9 Å². The lowest BCUT2D eigenvalue weighted by Crippen LogP contribution is -2.54. The maximum atomic E-state index is 14.7. The summed E-state index contributed by atoms with van der Waals surface area (Å²) in [6, 6.07) is 8.90. The van der Waals surface area contributed by atoms with Crippen molar-refractivity contribution in [1.29, 1.82) is 0 Å². The topological polar surface area (TPSA) is 119 Å². The van der Waals surface area contributed by atoms with Gasteiger partial charge in [-0.1, -0.05) is 45.0 Å². The standard InChI is InChI=1S/C23H25F2N5O3/c1-23(2,3)20(22(33)27-11-17(26)31)28-21(32)18-15-5-4-6-16(25)19(15)30(29-18)12-13-7-9-14(24)10-8-13/h4-10,20H,11-12H2,1-3H3,(H2,26,31)(H,27,33)(H,28,32)/t20-/m1/s1. The number of fused-ring (bicyclic) bond motifs is 1. The van der Waals surface area contributed by atoms with Gasteiger partial charge in [-0.15, -0.1) is 0 Å². The number of para-hydroxylation sites is 1. The second-order valence-electron chi connectivity index (χ2n) is 8.73. The zero-order valence-electron chi connectivity index (χ0n) is 18.5. The fourth-order valence-electron chi connectivity index (χ4n) is 3.39. The van der Waals surface area contributed by atoms with Gasteiger partial charge in [0, 0.05) is 5.39 Å². The summed E-state index contributed by atoms with van der Waals surface area (Å²) in [5.41, 5.74) is 5.07. The number of halogens is 2. The van der Waals surface area contributed by atoms with E-state index in [4.69, 9.17) is 5.73 Å². The third-order valence-electron chi connectivity index (χ3n) is 5.02. The molecule has 1 atom stereocenters. The molecule has 0 fully saturated rings. The van der Waals surface area contributed by atoms with Crippen molar-refractivity contribution < 1.29 is 23.2 Å². The molecule has 0 unspecified atom stereocenters. The zero-order chi connectivity index (χ0) is 24.3. The van der Waals surface area contributed by atoms with E-state index < -0.39 is 40.8 Å². The summed E-state index contributed by atoms with van der Waals surface area (Å²) in [6.45, 7) is 4.96. The molecule has 3 amide bonds. The molecule has 0 aliphatic carbocycles. The molecule has 1 aromatic heterocycles. The van der Waals surface area contributed by atoms with Gasteiger partial charge in [0.2, 0.25) is 11.8 Å². The van der Waals surface area contributed by atoms with Crippen molar-refractivity contribution in [3.8, 4) is 0 Å². The number of primary amides is 1. The highest BCUT2D eigenvalue weighted by molar-refractivity contribution is 6.06. The number of rotatable bonds is 7. The number of amides is 3. The van der Waals surface area contributed by atoms with E-state index in [2.05, 4.69) is 15.7 Å². The Hall–Kier alpha value is -3.82. The monoisotopic (exact) mass is 457 g/mol. The van der Waals surface area contributed by atoms with Crippen molar-refractivity contribution in [2.24, 2.45) is 11.1 Å². The first-order chi connectivity index (χ1) is 15.5. The SMILES string of the molecule is CC(C)(C)[C@H](NC(=O)c1nn(Cc2ccc(F)cc2)c2c(F)cccc12)C(=O)NCC(N)=O. The van der Waals surface area contributed by atoms with Crippen LogP contribution in [-0.4, -0.2) is 40.1 Å². The molecule has 8 nitrogen and oxygen atoms in total. The van der Waals surface area contributed by atoms with Gasteiger partial charge in [-0.05, 0) is 29.2 Å². The summed E-state index contributed by atoms with van der Waals surface area (Å²) in [5.74, 6) is -2.97. The third kappa shape index (κ3) is 5.51. The van der Waals surface area contributed by atoms with Crippen LogP contribution in [0, 0.1) is 17.0 Å². The average molecular weight is 457 g/mol. The fraction of sp³-hybridized carbons (Fsp3) is 0.304. The highest BCUT2D eigenvalue weighted by Gasteiger charge is 2.34. The lowest BCUT2D eigenvalue weighted by atomic mass is 9.86. The molecule has 4 N–H and O–H groups in total. The van der Waals surface area contributed by atoms with Gasteiger partial charge in [0.1, 0.15) is 23.2 Å². The molecule has 0 saturated carbocycles. The number of nitrogens with two attached hydrogens (primary N) is 1. The normalized spacial score (nSPS) is 12.4. The van der Waals surface area contributed by atoms with E-state index in [9.17, 15) is 23.2 Å². The van der Waals surface area contributed by atoms with Crippen LogP contribution >= 0.6 is 0 Å². The van der Waals surface area contributed by atoms with E-state index in [1.807, 2.05) is 0 Å². The number of nitrogens with zero attached hydrogens (tertiary/aromatic N) is 2. The Labute approximate surface area is 189 Å². The van der Waals surface area contributed by atoms with Crippen molar-refractivity contribution in [3.05, 3.63) is 65.4 Å². The van der Waals surface area contributed by atoms with Crippen LogP contribution in [0.2, 0.25) is 0 Å². The molecular formula is C23H25F2N5O3. The van der Waals surface area contributed by atoms with E-state index >= 15 is 0 Å². The number of carbonyl (C=O) groups excluding carboxylic acids is 3. The number of aromatic nitrogens is 2. The molecule has 3 rings (SSSR count). The Kier molecular flexibility index (Phi) is 6.75. The average Bonchev–Trinajstić information content (AvgIpc) is 3.10. The van der Waals surface area contributed by atoms with Crippen molar-refractivity contribution in [1.82, 2.24) is 20.4 Å². The van der Waals surface area contributed by atoms with Crippen LogP contribution in [0.4, 0.5) is 8.78 Å². The molecular weight excluding hydrogens is 432 g/mol. The van der Waals surface area contributed by atoms with Gasteiger partial charge in [-0.2, -0.15) is 5.10 Å². The van der Waals surface area contributed by atoms with E-state index in [1.54, 1.807) is 39.0 Å². The minimum Gasteiger partial charge on any atom is -0.368 e. The molecule has 0 spiro atoms. The predicted molar refractivity (Wildman–Crippen MR) is 118 cm³/mol. The summed E-state index contributed by atoms with van der Waals surface area (Å²) in [5, 5.41) is 9.60. The second-order valence-corrected chi connectivity index (χ2v) is 8.73. The quantitative estimate of drug-likeness (QED) is 0.503. The maximum absolute atomic E-state index is 14.7. The van der Waals surface area contributed by atoms with Crippen LogP contribution in [0.1, 0.15) is 36.8 Å².